The van der Waals surface area contributed by atoms with Crippen LogP contribution in [0.1, 0.15) is 23.6 Å². The fraction of sp³-hybridized carbons (Fsp3) is 0.235. The van der Waals surface area contributed by atoms with Crippen LogP contribution in [-0.4, -0.2) is 11.8 Å². The molecule has 2 N–H and O–H groups in total. The van der Waals surface area contributed by atoms with Gasteiger partial charge in [-0.1, -0.05) is 12.1 Å². The van der Waals surface area contributed by atoms with E-state index >= 15 is 0 Å². The Morgan fingerprint density at radius 3 is 2.87 bits per heavy atom. The molecular weight excluding hydrogens is 318 g/mol. The molecule has 2 aromatic rings. The number of carbonyl (C=O) groups excluding carboxylic acids is 1. The van der Waals surface area contributed by atoms with Crippen LogP contribution in [0.2, 0.25) is 0 Å². The molecule has 120 valence electrons. The van der Waals surface area contributed by atoms with Crippen LogP contribution in [0.3, 0.4) is 0 Å². The number of thioether (sulfide) groups is 1. The van der Waals surface area contributed by atoms with Crippen molar-refractivity contribution in [2.24, 2.45) is 0 Å². The molecule has 0 saturated heterocycles. The first-order valence-electron chi connectivity index (χ1n) is 7.29. The van der Waals surface area contributed by atoms with Gasteiger partial charge in [-0.25, -0.2) is 13.6 Å². The van der Waals surface area contributed by atoms with E-state index in [-0.39, 0.29) is 23.7 Å². The highest BCUT2D eigenvalue weighted by Crippen LogP contribution is 2.37. The zero-order chi connectivity index (χ0) is 16.4. The van der Waals surface area contributed by atoms with Crippen molar-refractivity contribution in [3.05, 3.63) is 59.2 Å². The second-order valence-corrected chi connectivity index (χ2v) is 6.51. The number of aryl methyl sites for hydroxylation is 1. The molecule has 6 heteroatoms. The summed E-state index contributed by atoms with van der Waals surface area (Å²) in [5.41, 5.74) is 1.99. The third-order valence-electron chi connectivity index (χ3n) is 3.77. The van der Waals surface area contributed by atoms with E-state index in [0.29, 0.717) is 16.1 Å². The lowest BCUT2D eigenvalue weighted by Crippen LogP contribution is -2.34. The number of hydrogen-bond acceptors (Lipinski definition) is 2. The summed E-state index contributed by atoms with van der Waals surface area (Å²) < 4.78 is 26.9. The number of benzene rings is 2. The van der Waals surface area contributed by atoms with Gasteiger partial charge in [-0.3, -0.25) is 0 Å². The van der Waals surface area contributed by atoms with Crippen LogP contribution < -0.4 is 10.6 Å². The average Bonchev–Trinajstić information content (AvgIpc) is 2.51. The first-order valence-corrected chi connectivity index (χ1v) is 8.28. The van der Waals surface area contributed by atoms with E-state index in [9.17, 15) is 13.6 Å². The number of fused-ring (bicyclic) bond motifs is 1. The topological polar surface area (TPSA) is 41.1 Å². The van der Waals surface area contributed by atoms with Crippen molar-refractivity contribution in [3.8, 4) is 0 Å². The summed E-state index contributed by atoms with van der Waals surface area (Å²) in [7, 11) is 0. The van der Waals surface area contributed by atoms with Crippen LogP contribution in [0.4, 0.5) is 19.3 Å². The minimum Gasteiger partial charge on any atom is -0.331 e. The number of amides is 2. The molecule has 1 aliphatic heterocycles. The van der Waals surface area contributed by atoms with Crippen molar-refractivity contribution in [2.45, 2.75) is 24.3 Å². The summed E-state index contributed by atoms with van der Waals surface area (Å²) in [6.07, 6.45) is 0.733. The predicted octanol–water partition coefficient (Wildman–Crippen LogP) is 4.63. The van der Waals surface area contributed by atoms with Crippen molar-refractivity contribution in [3.63, 3.8) is 0 Å². The smallest absolute Gasteiger partial charge is 0.319 e. The van der Waals surface area contributed by atoms with Gasteiger partial charge in [0.05, 0.1) is 6.04 Å². The van der Waals surface area contributed by atoms with Gasteiger partial charge < -0.3 is 10.6 Å². The number of anilines is 1. The molecule has 1 aliphatic rings. The summed E-state index contributed by atoms with van der Waals surface area (Å²) in [5.74, 6) is 0.144. The normalized spacial score (nSPS) is 16.6. The SMILES string of the molecule is Cc1cc(F)ccc1NC(=O)NC1CCSc2c(F)cccc21. The van der Waals surface area contributed by atoms with Crippen LogP contribution in [-0.2, 0) is 0 Å². The second-order valence-electron chi connectivity index (χ2n) is 5.41. The van der Waals surface area contributed by atoms with E-state index in [2.05, 4.69) is 10.6 Å². The average molecular weight is 334 g/mol. The predicted molar refractivity (Wildman–Crippen MR) is 87.8 cm³/mol. The minimum absolute atomic E-state index is 0.234. The number of nitrogens with one attached hydrogen (secondary N) is 2. The Bertz CT molecular complexity index is 751. The maximum Gasteiger partial charge on any atom is 0.319 e. The van der Waals surface area contributed by atoms with E-state index < -0.39 is 0 Å². The van der Waals surface area contributed by atoms with Gasteiger partial charge in [0.15, 0.2) is 0 Å². The summed E-state index contributed by atoms with van der Waals surface area (Å²) in [6.45, 7) is 1.72. The maximum absolute atomic E-state index is 13.8. The van der Waals surface area contributed by atoms with Gasteiger partial charge in [0, 0.05) is 16.3 Å². The molecule has 2 aromatic carbocycles. The van der Waals surface area contributed by atoms with Crippen molar-refractivity contribution in [2.75, 3.05) is 11.1 Å². The molecule has 0 fully saturated rings. The van der Waals surface area contributed by atoms with Crippen molar-refractivity contribution in [1.29, 1.82) is 0 Å². The lowest BCUT2D eigenvalue weighted by molar-refractivity contribution is 0.248. The van der Waals surface area contributed by atoms with Gasteiger partial charge in [0.1, 0.15) is 11.6 Å². The van der Waals surface area contributed by atoms with Crippen molar-refractivity contribution in [1.82, 2.24) is 5.32 Å². The molecule has 1 atom stereocenters. The molecule has 0 aliphatic carbocycles. The largest absolute Gasteiger partial charge is 0.331 e. The molecule has 3 nitrogen and oxygen atoms in total. The van der Waals surface area contributed by atoms with Gasteiger partial charge in [-0.2, -0.15) is 0 Å². The summed E-state index contributed by atoms with van der Waals surface area (Å²) in [5, 5.41) is 5.58. The van der Waals surface area contributed by atoms with Crippen LogP contribution >= 0.6 is 11.8 Å². The molecular formula is C17H16F2N2OS. The number of hydrogen-bond donors (Lipinski definition) is 2. The first kappa shape index (κ1) is 15.8. The maximum atomic E-state index is 13.8. The van der Waals surface area contributed by atoms with E-state index in [1.807, 2.05) is 6.07 Å². The molecule has 3 rings (SSSR count). The van der Waals surface area contributed by atoms with E-state index in [1.165, 1.54) is 36.0 Å². The standard InChI is InChI=1S/C17H16F2N2OS/c1-10-9-11(18)5-6-14(10)20-17(22)21-15-7-8-23-16-12(15)3-2-4-13(16)19/h2-6,9,15H,7-8H2,1H3,(H2,20,21,22). The van der Waals surface area contributed by atoms with Gasteiger partial charge in [0.25, 0.3) is 0 Å². The Morgan fingerprint density at radius 2 is 2.09 bits per heavy atom. The molecule has 1 heterocycles. The van der Waals surface area contributed by atoms with E-state index in [0.717, 1.165) is 17.7 Å². The van der Waals surface area contributed by atoms with Crippen LogP contribution in [0, 0.1) is 18.6 Å². The molecule has 0 bridgehead atoms. The molecule has 0 radical (unpaired) electrons. The third-order valence-corrected chi connectivity index (χ3v) is 4.93. The molecule has 0 spiro atoms. The Balaban J connectivity index is 1.73. The van der Waals surface area contributed by atoms with Crippen LogP contribution in [0.5, 0.6) is 0 Å². The molecule has 0 aromatic heterocycles. The first-order chi connectivity index (χ1) is 11.0. The summed E-state index contributed by atoms with van der Waals surface area (Å²) >= 11 is 1.47. The summed E-state index contributed by atoms with van der Waals surface area (Å²) in [6, 6.07) is 8.47. The number of rotatable bonds is 2. The fourth-order valence-corrected chi connectivity index (χ4v) is 3.76. The molecule has 23 heavy (non-hydrogen) atoms. The lowest BCUT2D eigenvalue weighted by atomic mass is 10.0. The fourth-order valence-electron chi connectivity index (χ4n) is 2.62. The van der Waals surface area contributed by atoms with Gasteiger partial charge >= 0.3 is 6.03 Å². The Labute approximate surface area is 137 Å². The summed E-state index contributed by atoms with van der Waals surface area (Å²) in [4.78, 5) is 12.8. The highest BCUT2D eigenvalue weighted by molar-refractivity contribution is 7.99. The second kappa shape index (κ2) is 6.58. The number of halogens is 2. The van der Waals surface area contributed by atoms with Crippen molar-refractivity contribution >= 4 is 23.5 Å². The number of carbonyl (C=O) groups is 1. The Kier molecular flexibility index (Phi) is 4.52. The zero-order valence-electron chi connectivity index (χ0n) is 12.5. The zero-order valence-corrected chi connectivity index (χ0v) is 13.3. The highest BCUT2D eigenvalue weighted by atomic mass is 32.2. The highest BCUT2D eigenvalue weighted by Gasteiger charge is 2.24. The lowest BCUT2D eigenvalue weighted by Gasteiger charge is -2.26. The monoisotopic (exact) mass is 334 g/mol. The van der Waals surface area contributed by atoms with Gasteiger partial charge in [0.2, 0.25) is 0 Å². The van der Waals surface area contributed by atoms with E-state index in [4.69, 9.17) is 0 Å². The quantitative estimate of drug-likeness (QED) is 0.840. The Hall–Kier alpha value is -2.08. The molecule has 0 saturated carbocycles. The van der Waals surface area contributed by atoms with Gasteiger partial charge in [-0.05, 0) is 48.7 Å². The van der Waals surface area contributed by atoms with Crippen LogP contribution in [0.15, 0.2) is 41.3 Å². The number of urea groups is 1. The third kappa shape index (κ3) is 3.47. The molecule has 2 amide bonds. The van der Waals surface area contributed by atoms with E-state index in [1.54, 1.807) is 13.0 Å². The van der Waals surface area contributed by atoms with Gasteiger partial charge in [-0.15, -0.1) is 11.8 Å². The molecule has 1 unspecified atom stereocenters. The van der Waals surface area contributed by atoms with Crippen molar-refractivity contribution < 1.29 is 13.6 Å². The minimum atomic E-state index is -0.383. The van der Waals surface area contributed by atoms with Crippen LogP contribution in [0.25, 0.3) is 0 Å². The Morgan fingerprint density at radius 1 is 1.26 bits per heavy atom.